The van der Waals surface area contributed by atoms with Crippen LogP contribution in [0.25, 0.3) is 0 Å². The zero-order chi connectivity index (χ0) is 62.6. The van der Waals surface area contributed by atoms with Crippen molar-refractivity contribution in [2.45, 2.75) is 51.4 Å². The van der Waals surface area contributed by atoms with Crippen LogP contribution in [0.1, 0.15) is 47.9 Å². The van der Waals surface area contributed by atoms with Crippen LogP contribution in [0.5, 0.6) is 69.0 Å². The van der Waals surface area contributed by atoms with E-state index in [2.05, 4.69) is 68.1 Å². The Balaban J connectivity index is 0.000000251. The standard InChI is InChI=1S/2C34H52N2O8/c2*1-37-29-20-25(21-30(38-2)33(29)41-5)18-27(8-7-9-35-10-14-43-15-11-35)28(24-36-12-16-44-17-13-36)19-26-22-31(39-3)34(42-6)32(23-26)40-4/h2*20-23,27-28H,7-19,24H2,1-6H3/t2*27-,28+/m10/s1. The third-order valence-electron chi connectivity index (χ3n) is 17.7. The number of hydrogen-bond acceptors (Lipinski definition) is 20. The summed E-state index contributed by atoms with van der Waals surface area (Å²) in [5.41, 5.74) is 4.68. The molecule has 0 bridgehead atoms. The van der Waals surface area contributed by atoms with Crippen LogP contribution in [-0.4, -0.2) is 236 Å². The first-order chi connectivity index (χ1) is 43.0. The van der Waals surface area contributed by atoms with Crippen molar-refractivity contribution in [3.05, 3.63) is 70.8 Å². The van der Waals surface area contributed by atoms with Gasteiger partial charge in [0.15, 0.2) is 46.0 Å². The molecule has 20 heteroatoms. The van der Waals surface area contributed by atoms with E-state index in [0.29, 0.717) is 92.7 Å². The molecule has 0 spiro atoms. The second kappa shape index (κ2) is 37.4. The molecular formula is C68H104N4O16. The fraction of sp³-hybridized carbons (Fsp3) is 0.647. The monoisotopic (exact) mass is 1230 g/mol. The van der Waals surface area contributed by atoms with E-state index in [9.17, 15) is 0 Å². The van der Waals surface area contributed by atoms with Crippen molar-refractivity contribution in [1.82, 2.24) is 19.6 Å². The van der Waals surface area contributed by atoms with E-state index in [4.69, 9.17) is 75.8 Å². The highest BCUT2D eigenvalue weighted by atomic mass is 16.6. The van der Waals surface area contributed by atoms with Crippen LogP contribution < -0.4 is 56.8 Å². The molecule has 492 valence electrons. The summed E-state index contributed by atoms with van der Waals surface area (Å²) in [5, 5.41) is 0. The maximum Gasteiger partial charge on any atom is 0.203 e. The lowest BCUT2D eigenvalue weighted by molar-refractivity contribution is 0.0236. The molecule has 0 N–H and O–H groups in total. The van der Waals surface area contributed by atoms with Crippen LogP contribution in [0.2, 0.25) is 0 Å². The van der Waals surface area contributed by atoms with Gasteiger partial charge in [0.05, 0.1) is 138 Å². The van der Waals surface area contributed by atoms with Crippen LogP contribution in [0.4, 0.5) is 0 Å². The molecule has 8 rings (SSSR count). The van der Waals surface area contributed by atoms with Crippen molar-refractivity contribution in [2.75, 3.05) is 217 Å². The van der Waals surface area contributed by atoms with Gasteiger partial charge >= 0.3 is 0 Å². The van der Waals surface area contributed by atoms with Crippen molar-refractivity contribution < 1.29 is 75.8 Å². The highest BCUT2D eigenvalue weighted by Crippen LogP contribution is 2.44. The van der Waals surface area contributed by atoms with E-state index in [1.54, 1.807) is 85.3 Å². The predicted octanol–water partition coefficient (Wildman–Crippen LogP) is 8.40. The van der Waals surface area contributed by atoms with Crippen LogP contribution in [0.3, 0.4) is 0 Å². The molecular weight excluding hydrogens is 1130 g/mol. The van der Waals surface area contributed by atoms with Crippen molar-refractivity contribution >= 4 is 0 Å². The number of benzene rings is 4. The van der Waals surface area contributed by atoms with Gasteiger partial charge in [-0.3, -0.25) is 19.6 Å². The Morgan fingerprint density at radius 1 is 0.284 bits per heavy atom. The summed E-state index contributed by atoms with van der Waals surface area (Å²) in [6, 6.07) is 16.8. The summed E-state index contributed by atoms with van der Waals surface area (Å²) in [6.07, 6.45) is 7.94. The van der Waals surface area contributed by atoms with E-state index in [-0.39, 0.29) is 0 Å². The van der Waals surface area contributed by atoms with Gasteiger partial charge in [0, 0.05) is 65.4 Å². The second-order valence-electron chi connectivity index (χ2n) is 23.0. The number of nitrogens with zero attached hydrogens (tertiary/aromatic N) is 4. The molecule has 4 heterocycles. The fourth-order valence-electron chi connectivity index (χ4n) is 13.0. The molecule has 4 aliphatic heterocycles. The normalized spacial score (nSPS) is 17.5. The highest BCUT2D eigenvalue weighted by Gasteiger charge is 2.31. The summed E-state index contributed by atoms with van der Waals surface area (Å²) < 4.78 is 90.9. The molecule has 4 atom stereocenters. The average molecular weight is 1230 g/mol. The van der Waals surface area contributed by atoms with E-state index in [1.165, 1.54) is 22.3 Å². The van der Waals surface area contributed by atoms with E-state index >= 15 is 0 Å². The number of morpholine rings is 4. The molecule has 0 unspecified atom stereocenters. The average Bonchev–Trinajstić information content (AvgIpc) is 3.77. The second-order valence-corrected chi connectivity index (χ2v) is 23.0. The maximum absolute atomic E-state index is 5.73. The summed E-state index contributed by atoms with van der Waals surface area (Å²) >= 11 is 0. The van der Waals surface area contributed by atoms with Gasteiger partial charge in [0.1, 0.15) is 0 Å². The van der Waals surface area contributed by atoms with Gasteiger partial charge in [0.25, 0.3) is 0 Å². The lowest BCUT2D eigenvalue weighted by Gasteiger charge is -2.35. The molecule has 20 nitrogen and oxygen atoms in total. The molecule has 0 saturated carbocycles. The molecule has 0 aliphatic carbocycles. The summed E-state index contributed by atoms with van der Waals surface area (Å²) in [4.78, 5) is 10.2. The smallest absolute Gasteiger partial charge is 0.203 e. The first-order valence-corrected chi connectivity index (χ1v) is 31.4. The minimum atomic E-state index is 0.361. The number of rotatable bonds is 34. The van der Waals surface area contributed by atoms with Crippen LogP contribution in [0, 0.1) is 23.7 Å². The van der Waals surface area contributed by atoms with Crippen molar-refractivity contribution in [1.29, 1.82) is 0 Å². The SMILES string of the molecule is COc1cc(C[C@@H](CCCN2CCOCC2)[C@@H](Cc2cc(OC)c(OC)c(OC)c2)CN2CCOCC2)cc(OC)c1OC.COc1cc(C[C@H](CN2CCOCC2)[C@@H](CCCN2CCOCC2)Cc2cc(OC)c(OC)c(OC)c2)cc(OC)c1OC. The Kier molecular flexibility index (Phi) is 29.6. The van der Waals surface area contributed by atoms with Gasteiger partial charge in [-0.1, -0.05) is 0 Å². The van der Waals surface area contributed by atoms with Gasteiger partial charge in [-0.05, 0) is 159 Å². The maximum atomic E-state index is 5.73. The Morgan fingerprint density at radius 2 is 0.489 bits per heavy atom. The summed E-state index contributed by atoms with van der Waals surface area (Å²) in [7, 11) is 20.0. The van der Waals surface area contributed by atoms with Crippen molar-refractivity contribution in [3.8, 4) is 69.0 Å². The van der Waals surface area contributed by atoms with Crippen molar-refractivity contribution in [2.24, 2.45) is 23.7 Å². The zero-order valence-corrected chi connectivity index (χ0v) is 55.0. The lowest BCUT2D eigenvalue weighted by atomic mass is 9.79. The molecule has 0 radical (unpaired) electrons. The third kappa shape index (κ3) is 20.1. The fourth-order valence-corrected chi connectivity index (χ4v) is 13.0. The Hall–Kier alpha value is -5.84. The molecule has 4 aromatic rings. The minimum absolute atomic E-state index is 0.361. The highest BCUT2D eigenvalue weighted by molar-refractivity contribution is 5.56. The number of ether oxygens (including phenoxy) is 16. The van der Waals surface area contributed by atoms with Crippen LogP contribution in [0.15, 0.2) is 48.5 Å². The van der Waals surface area contributed by atoms with Gasteiger partial charge in [0.2, 0.25) is 23.0 Å². The zero-order valence-electron chi connectivity index (χ0n) is 55.0. The van der Waals surface area contributed by atoms with Crippen molar-refractivity contribution in [3.63, 3.8) is 0 Å². The first-order valence-electron chi connectivity index (χ1n) is 31.4. The molecule has 4 saturated heterocycles. The molecule has 0 amide bonds. The molecule has 4 aromatic carbocycles. The Bertz CT molecular complexity index is 2380. The Morgan fingerprint density at radius 3 is 0.693 bits per heavy atom. The lowest BCUT2D eigenvalue weighted by Crippen LogP contribution is -2.42. The largest absolute Gasteiger partial charge is 0.493 e. The first kappa shape index (κ1) is 69.6. The minimum Gasteiger partial charge on any atom is -0.493 e. The van der Waals surface area contributed by atoms with E-state index in [0.717, 1.165) is 183 Å². The summed E-state index contributed by atoms with van der Waals surface area (Å²) in [5.74, 6) is 9.42. The quantitative estimate of drug-likeness (QED) is 0.0438. The number of methoxy groups -OCH3 is 12. The van der Waals surface area contributed by atoms with Crippen LogP contribution >= 0.6 is 0 Å². The predicted molar refractivity (Wildman–Crippen MR) is 341 cm³/mol. The Labute approximate surface area is 524 Å². The molecule has 0 aromatic heterocycles. The topological polar surface area (TPSA) is 161 Å². The van der Waals surface area contributed by atoms with Gasteiger partial charge in [-0.15, -0.1) is 0 Å². The van der Waals surface area contributed by atoms with Gasteiger partial charge in [-0.25, -0.2) is 0 Å². The van der Waals surface area contributed by atoms with Crippen LogP contribution in [-0.2, 0) is 44.6 Å². The molecule has 4 fully saturated rings. The van der Waals surface area contributed by atoms with E-state index in [1.807, 2.05) is 0 Å². The summed E-state index contributed by atoms with van der Waals surface area (Å²) in [6.45, 7) is 18.2. The van der Waals surface area contributed by atoms with E-state index < -0.39 is 0 Å². The number of hydrogen-bond donors (Lipinski definition) is 0. The third-order valence-corrected chi connectivity index (χ3v) is 17.7. The molecule has 88 heavy (non-hydrogen) atoms. The molecule has 4 aliphatic rings. The van der Waals surface area contributed by atoms with Gasteiger partial charge in [-0.2, -0.15) is 0 Å². The van der Waals surface area contributed by atoms with Gasteiger partial charge < -0.3 is 75.8 Å².